The zero-order valence-electron chi connectivity index (χ0n) is 9.96. The van der Waals surface area contributed by atoms with Gasteiger partial charge in [-0.15, -0.1) is 0 Å². The summed E-state index contributed by atoms with van der Waals surface area (Å²) in [5.74, 6) is 0.0216. The predicted molar refractivity (Wildman–Crippen MR) is 57.1 cm³/mol. The molecule has 1 aliphatic carbocycles. The van der Waals surface area contributed by atoms with Crippen LogP contribution in [0.25, 0.3) is 0 Å². The Kier molecular flexibility index (Phi) is 5.26. The van der Waals surface area contributed by atoms with Crippen LogP contribution in [0, 0.1) is 23.2 Å². The van der Waals surface area contributed by atoms with Gasteiger partial charge in [0.15, 0.2) is 0 Å². The van der Waals surface area contributed by atoms with Gasteiger partial charge in [-0.1, -0.05) is 19.8 Å². The van der Waals surface area contributed by atoms with E-state index in [-0.39, 0.29) is 5.92 Å². The Balaban J connectivity index is 2.49. The minimum absolute atomic E-state index is 0.384. The second kappa shape index (κ2) is 6.25. The third kappa shape index (κ3) is 4.95. The fourth-order valence-electron chi connectivity index (χ4n) is 2.42. The standard InChI is InChI=1S/C12H18F3NO/c1-2-3-9-4-5-10(7-16)11(6-9)17-8-12(13,14)15/h9-11H,2-6,8H2,1H3. The highest BCUT2D eigenvalue weighted by Gasteiger charge is 2.35. The minimum atomic E-state index is -4.31. The zero-order valence-corrected chi connectivity index (χ0v) is 9.96. The van der Waals surface area contributed by atoms with Crippen molar-refractivity contribution in [1.82, 2.24) is 0 Å². The summed E-state index contributed by atoms with van der Waals surface area (Å²) in [6.45, 7) is 0.816. The Labute approximate surface area is 99.8 Å². The van der Waals surface area contributed by atoms with Crippen LogP contribution in [-0.2, 0) is 4.74 Å². The van der Waals surface area contributed by atoms with Gasteiger partial charge in [0.1, 0.15) is 6.61 Å². The van der Waals surface area contributed by atoms with Crippen LogP contribution in [0.2, 0.25) is 0 Å². The predicted octanol–water partition coefficient (Wildman–Crippen LogP) is 3.67. The van der Waals surface area contributed by atoms with Crippen molar-refractivity contribution in [2.24, 2.45) is 11.8 Å². The van der Waals surface area contributed by atoms with E-state index in [2.05, 4.69) is 13.0 Å². The molecule has 0 bridgehead atoms. The van der Waals surface area contributed by atoms with Crippen LogP contribution < -0.4 is 0 Å². The summed E-state index contributed by atoms with van der Waals surface area (Å²) < 4.78 is 41.1. The SMILES string of the molecule is CCCC1CCC(C#N)C(OCC(F)(F)F)C1. The first-order chi connectivity index (χ1) is 7.96. The fourth-order valence-corrected chi connectivity index (χ4v) is 2.42. The molecule has 0 aromatic rings. The number of ether oxygens (including phenoxy) is 1. The lowest BCUT2D eigenvalue weighted by atomic mass is 9.78. The molecule has 2 nitrogen and oxygen atoms in total. The van der Waals surface area contributed by atoms with Gasteiger partial charge in [-0.05, 0) is 25.2 Å². The van der Waals surface area contributed by atoms with Gasteiger partial charge >= 0.3 is 6.18 Å². The summed E-state index contributed by atoms with van der Waals surface area (Å²) in [5.41, 5.74) is 0. The lowest BCUT2D eigenvalue weighted by Gasteiger charge is -2.32. The van der Waals surface area contributed by atoms with E-state index >= 15 is 0 Å². The smallest absolute Gasteiger partial charge is 0.367 e. The summed E-state index contributed by atoms with van der Waals surface area (Å²) in [4.78, 5) is 0. The monoisotopic (exact) mass is 249 g/mol. The molecule has 5 heteroatoms. The maximum atomic E-state index is 12.1. The van der Waals surface area contributed by atoms with Crippen LogP contribution in [-0.4, -0.2) is 18.9 Å². The van der Waals surface area contributed by atoms with Crippen LogP contribution in [0.4, 0.5) is 13.2 Å². The van der Waals surface area contributed by atoms with Gasteiger partial charge in [-0.3, -0.25) is 0 Å². The second-order valence-electron chi connectivity index (χ2n) is 4.67. The molecule has 1 rings (SSSR count). The number of rotatable bonds is 4. The largest absolute Gasteiger partial charge is 0.411 e. The molecule has 0 spiro atoms. The van der Waals surface area contributed by atoms with Gasteiger partial charge in [0.2, 0.25) is 0 Å². The molecule has 0 heterocycles. The van der Waals surface area contributed by atoms with Crippen molar-refractivity contribution < 1.29 is 17.9 Å². The molecule has 0 aromatic carbocycles. The van der Waals surface area contributed by atoms with E-state index in [4.69, 9.17) is 10.00 Å². The van der Waals surface area contributed by atoms with Crippen LogP contribution in [0.15, 0.2) is 0 Å². The molecule has 0 aromatic heterocycles. The summed E-state index contributed by atoms with van der Waals surface area (Å²) in [6, 6.07) is 2.06. The van der Waals surface area contributed by atoms with E-state index < -0.39 is 18.9 Å². The van der Waals surface area contributed by atoms with Crippen molar-refractivity contribution in [3.63, 3.8) is 0 Å². The molecule has 0 aliphatic heterocycles. The fraction of sp³-hybridized carbons (Fsp3) is 0.917. The van der Waals surface area contributed by atoms with Crippen molar-refractivity contribution in [1.29, 1.82) is 5.26 Å². The van der Waals surface area contributed by atoms with E-state index in [0.717, 1.165) is 19.3 Å². The molecule has 0 radical (unpaired) electrons. The van der Waals surface area contributed by atoms with E-state index in [0.29, 0.717) is 18.8 Å². The summed E-state index contributed by atoms with van der Waals surface area (Å²) in [6.07, 6.45) is -0.661. The van der Waals surface area contributed by atoms with Crippen molar-refractivity contribution in [2.45, 2.75) is 51.3 Å². The summed E-state index contributed by atoms with van der Waals surface area (Å²) in [7, 11) is 0. The quantitative estimate of drug-likeness (QED) is 0.761. The van der Waals surface area contributed by atoms with Gasteiger partial charge in [0.25, 0.3) is 0 Å². The molecule has 17 heavy (non-hydrogen) atoms. The Hall–Kier alpha value is -0.760. The lowest BCUT2D eigenvalue weighted by Crippen LogP contribution is -2.34. The molecule has 0 N–H and O–H groups in total. The average molecular weight is 249 g/mol. The Morgan fingerprint density at radius 1 is 1.35 bits per heavy atom. The van der Waals surface area contributed by atoms with E-state index in [1.807, 2.05) is 0 Å². The zero-order chi connectivity index (χ0) is 12.9. The Bertz CT molecular complexity index is 272. The second-order valence-corrected chi connectivity index (χ2v) is 4.67. The van der Waals surface area contributed by atoms with Gasteiger partial charge in [-0.2, -0.15) is 18.4 Å². The highest BCUT2D eigenvalue weighted by Crippen LogP contribution is 2.34. The van der Waals surface area contributed by atoms with Crippen LogP contribution in [0.1, 0.15) is 39.0 Å². The highest BCUT2D eigenvalue weighted by molar-refractivity contribution is 4.93. The minimum Gasteiger partial charge on any atom is -0.367 e. The third-order valence-electron chi connectivity index (χ3n) is 3.22. The molecule has 3 unspecified atom stereocenters. The van der Waals surface area contributed by atoms with Crippen molar-refractivity contribution in [3.05, 3.63) is 0 Å². The first kappa shape index (κ1) is 14.3. The Morgan fingerprint density at radius 3 is 2.59 bits per heavy atom. The molecule has 0 saturated heterocycles. The topological polar surface area (TPSA) is 33.0 Å². The maximum absolute atomic E-state index is 12.1. The van der Waals surface area contributed by atoms with Crippen LogP contribution in [0.3, 0.4) is 0 Å². The van der Waals surface area contributed by atoms with Gasteiger partial charge in [-0.25, -0.2) is 0 Å². The van der Waals surface area contributed by atoms with Crippen molar-refractivity contribution in [3.8, 4) is 6.07 Å². The number of hydrogen-bond donors (Lipinski definition) is 0. The van der Waals surface area contributed by atoms with Crippen molar-refractivity contribution in [2.75, 3.05) is 6.61 Å². The molecule has 0 amide bonds. The molecule has 1 aliphatic rings. The van der Waals surface area contributed by atoms with Gasteiger partial charge in [0, 0.05) is 0 Å². The summed E-state index contributed by atoms with van der Waals surface area (Å²) >= 11 is 0. The van der Waals surface area contributed by atoms with Crippen molar-refractivity contribution >= 4 is 0 Å². The molecule has 3 atom stereocenters. The number of hydrogen-bond acceptors (Lipinski definition) is 2. The maximum Gasteiger partial charge on any atom is 0.411 e. The first-order valence-corrected chi connectivity index (χ1v) is 6.04. The van der Waals surface area contributed by atoms with E-state index in [9.17, 15) is 13.2 Å². The molecule has 1 fully saturated rings. The van der Waals surface area contributed by atoms with E-state index in [1.54, 1.807) is 0 Å². The normalized spacial score (nSPS) is 29.9. The van der Waals surface area contributed by atoms with Crippen LogP contribution in [0.5, 0.6) is 0 Å². The van der Waals surface area contributed by atoms with Gasteiger partial charge in [0.05, 0.1) is 18.1 Å². The molecular weight excluding hydrogens is 231 g/mol. The van der Waals surface area contributed by atoms with E-state index in [1.165, 1.54) is 0 Å². The molecule has 1 saturated carbocycles. The van der Waals surface area contributed by atoms with Crippen LogP contribution >= 0.6 is 0 Å². The number of alkyl halides is 3. The molecule has 98 valence electrons. The molecular formula is C12H18F3NO. The average Bonchev–Trinajstić information content (AvgIpc) is 2.26. The highest BCUT2D eigenvalue weighted by atomic mass is 19.4. The first-order valence-electron chi connectivity index (χ1n) is 6.04. The third-order valence-corrected chi connectivity index (χ3v) is 3.22. The lowest BCUT2D eigenvalue weighted by molar-refractivity contribution is -0.192. The van der Waals surface area contributed by atoms with Gasteiger partial charge < -0.3 is 4.74 Å². The number of nitriles is 1. The summed E-state index contributed by atoms with van der Waals surface area (Å²) in [5, 5.41) is 8.90. The number of nitrogens with zero attached hydrogens (tertiary/aromatic N) is 1. The Morgan fingerprint density at radius 2 is 2.06 bits per heavy atom. The number of halogens is 3.